The molecule has 378 valence electrons. The Balaban J connectivity index is 0.911. The molecule has 0 amide bonds. The topological polar surface area (TPSA) is 24.9 Å². The van der Waals surface area contributed by atoms with Crippen molar-refractivity contribution < 1.29 is 9.47 Å². The van der Waals surface area contributed by atoms with Crippen LogP contribution in [0.2, 0.25) is 0 Å². The van der Waals surface area contributed by atoms with Crippen LogP contribution in [0.1, 0.15) is 49.9 Å². The van der Waals surface area contributed by atoms with Crippen LogP contribution in [0.4, 0.5) is 34.1 Å². The fourth-order valence-corrected chi connectivity index (χ4v) is 17.3. The molecule has 0 fully saturated rings. The van der Waals surface area contributed by atoms with Gasteiger partial charge in [0.05, 0.1) is 0 Å². The van der Waals surface area contributed by atoms with Gasteiger partial charge >= 0.3 is 0 Å². The molecule has 0 N–H and O–H groups in total. The molecule has 80 heavy (non-hydrogen) atoms. The van der Waals surface area contributed by atoms with E-state index in [9.17, 15) is 0 Å². The van der Waals surface area contributed by atoms with E-state index >= 15 is 0 Å². The molecule has 4 aliphatic heterocycles. The standard InChI is InChI=1S/C72H50B2N2O2S2/c1-71(2)53-37-47(77-45-25-13-7-14-26-45)33-35-49(53)51-39-61-67-69(65(51)71)76(44-23-11-6-12-24-44)59-31-19-17-29-55(59)73(67)57-41-58-63(42-60(57)75(61)43-21-9-5-10-22-43)79-64-40-52-50-36-34-48(78-46-27-15-8-16-28-46)38-54(50)72(3,4)66(52)70-68(64)74(58)56-30-18-20-32-62(56)80-70/h5-42H,1-4H3. The Morgan fingerprint density at radius 2 is 0.887 bits per heavy atom. The molecule has 2 aliphatic carbocycles. The number of hydrogen-bond acceptors (Lipinski definition) is 6. The highest BCUT2D eigenvalue weighted by atomic mass is 32.2. The van der Waals surface area contributed by atoms with Crippen molar-refractivity contribution in [3.8, 4) is 45.3 Å². The summed E-state index contributed by atoms with van der Waals surface area (Å²) in [4.78, 5) is 10.6. The average molecular weight is 1060 g/mol. The first-order chi connectivity index (χ1) is 39.2. The van der Waals surface area contributed by atoms with Crippen molar-refractivity contribution >= 4 is 104 Å². The highest BCUT2D eigenvalue weighted by molar-refractivity contribution is 8.01. The second-order valence-electron chi connectivity index (χ2n) is 23.1. The van der Waals surface area contributed by atoms with Crippen LogP contribution < -0.4 is 52.1 Å². The third kappa shape index (κ3) is 6.52. The van der Waals surface area contributed by atoms with E-state index in [4.69, 9.17) is 9.47 Å². The largest absolute Gasteiger partial charge is 0.457 e. The van der Waals surface area contributed by atoms with Crippen LogP contribution in [-0.2, 0) is 10.8 Å². The van der Waals surface area contributed by atoms with Crippen LogP contribution in [0.25, 0.3) is 22.3 Å². The number of ether oxygens (including phenoxy) is 2. The van der Waals surface area contributed by atoms with E-state index in [-0.39, 0.29) is 18.8 Å². The molecule has 0 radical (unpaired) electrons. The Morgan fingerprint density at radius 3 is 1.54 bits per heavy atom. The number of para-hydroxylation sites is 5. The summed E-state index contributed by atoms with van der Waals surface area (Å²) in [5.74, 6) is 3.37. The van der Waals surface area contributed by atoms with E-state index in [1.54, 1.807) is 0 Å². The fraction of sp³-hybridized carbons (Fsp3) is 0.0833. The van der Waals surface area contributed by atoms with Crippen LogP contribution >= 0.6 is 23.5 Å². The summed E-state index contributed by atoms with van der Waals surface area (Å²) in [6.45, 7) is 9.65. The number of rotatable bonds is 6. The molecule has 4 heterocycles. The van der Waals surface area contributed by atoms with Gasteiger partial charge in [0.25, 0.3) is 6.71 Å². The Hall–Kier alpha value is -8.55. The monoisotopic (exact) mass is 1060 g/mol. The maximum atomic E-state index is 6.60. The molecule has 0 spiro atoms. The van der Waals surface area contributed by atoms with Crippen LogP contribution in [0.15, 0.2) is 250 Å². The molecule has 0 unspecified atom stereocenters. The molecule has 6 aliphatic rings. The third-order valence-corrected chi connectivity index (χ3v) is 20.3. The van der Waals surface area contributed by atoms with Crippen molar-refractivity contribution in [3.05, 3.63) is 253 Å². The minimum atomic E-state index is -0.396. The summed E-state index contributed by atoms with van der Waals surface area (Å²) in [5.41, 5.74) is 25.1. The van der Waals surface area contributed by atoms with Crippen molar-refractivity contribution in [2.75, 3.05) is 9.80 Å². The van der Waals surface area contributed by atoms with Crippen molar-refractivity contribution in [3.63, 3.8) is 0 Å². The van der Waals surface area contributed by atoms with Crippen LogP contribution in [0.5, 0.6) is 23.0 Å². The van der Waals surface area contributed by atoms with Gasteiger partial charge in [-0.2, -0.15) is 0 Å². The Labute approximate surface area is 476 Å². The molecule has 0 aromatic heterocycles. The van der Waals surface area contributed by atoms with Crippen molar-refractivity contribution in [1.82, 2.24) is 0 Å². The van der Waals surface area contributed by atoms with Crippen LogP contribution in [0.3, 0.4) is 0 Å². The number of anilines is 6. The van der Waals surface area contributed by atoms with E-state index in [1.807, 2.05) is 84.2 Å². The molecule has 8 heteroatoms. The van der Waals surface area contributed by atoms with Gasteiger partial charge in [0.1, 0.15) is 23.0 Å². The highest BCUT2D eigenvalue weighted by Gasteiger charge is 2.52. The molecule has 0 atom stereocenters. The first-order valence-corrected chi connectivity index (χ1v) is 29.4. The quantitative estimate of drug-likeness (QED) is 0.154. The van der Waals surface area contributed by atoms with Crippen molar-refractivity contribution in [1.29, 1.82) is 0 Å². The first kappa shape index (κ1) is 46.4. The van der Waals surface area contributed by atoms with Gasteiger partial charge in [-0.3, -0.25) is 0 Å². The van der Waals surface area contributed by atoms with Crippen LogP contribution in [-0.4, -0.2) is 13.4 Å². The van der Waals surface area contributed by atoms with Gasteiger partial charge in [-0.15, -0.1) is 0 Å². The minimum absolute atomic E-state index is 0.0345. The molecule has 11 aromatic carbocycles. The molecule has 11 aromatic rings. The lowest BCUT2D eigenvalue weighted by molar-refractivity contribution is 0.480. The van der Waals surface area contributed by atoms with Gasteiger partial charge in [-0.25, -0.2) is 0 Å². The number of hydrogen-bond donors (Lipinski definition) is 0. The summed E-state index contributed by atoms with van der Waals surface area (Å²) in [5, 5.41) is 0. The lowest BCUT2D eigenvalue weighted by Gasteiger charge is -2.47. The van der Waals surface area contributed by atoms with E-state index in [1.165, 1.54) is 120 Å². The second kappa shape index (κ2) is 17.0. The maximum absolute atomic E-state index is 6.60. The van der Waals surface area contributed by atoms with Crippen molar-refractivity contribution in [2.45, 2.75) is 58.1 Å². The minimum Gasteiger partial charge on any atom is -0.457 e. The number of nitrogens with zero attached hydrogens (tertiary/aromatic N) is 2. The normalized spacial score (nSPS) is 15.2. The first-order valence-electron chi connectivity index (χ1n) is 27.8. The summed E-state index contributed by atoms with van der Waals surface area (Å²) >= 11 is 3.93. The molecule has 0 saturated heterocycles. The predicted molar refractivity (Wildman–Crippen MR) is 334 cm³/mol. The lowest BCUT2D eigenvalue weighted by atomic mass is 9.31. The Morgan fingerprint density at radius 1 is 0.350 bits per heavy atom. The van der Waals surface area contributed by atoms with E-state index in [0.29, 0.717) is 0 Å². The van der Waals surface area contributed by atoms with E-state index < -0.39 is 5.41 Å². The van der Waals surface area contributed by atoms with Crippen LogP contribution in [0, 0.1) is 0 Å². The number of fused-ring (bicyclic) bond motifs is 16. The molecular formula is C72H50B2N2O2S2. The summed E-state index contributed by atoms with van der Waals surface area (Å²) in [7, 11) is 0. The summed E-state index contributed by atoms with van der Waals surface area (Å²) in [6.07, 6.45) is 0. The van der Waals surface area contributed by atoms with Gasteiger partial charge in [-0.05, 0) is 169 Å². The lowest BCUT2D eigenvalue weighted by Crippen LogP contribution is -2.64. The average Bonchev–Trinajstić information content (AvgIpc) is 4.04. The summed E-state index contributed by atoms with van der Waals surface area (Å²) in [6, 6.07) is 84.7. The SMILES string of the molecule is CC1(C)c2cc(Oc3ccccc3)ccc2-c2cc3c4c(c21)Sc1ccccc1B4c1cc2c(cc1S3)N(c1ccccc1)c1cc3c(c4c1B2c1ccccc1N4c1ccccc1)C(C)(C)c1cc(Oc2ccccc2)ccc1-3. The summed E-state index contributed by atoms with van der Waals surface area (Å²) < 4.78 is 13.1. The van der Waals surface area contributed by atoms with Gasteiger partial charge < -0.3 is 19.3 Å². The van der Waals surface area contributed by atoms with Gasteiger partial charge in [0, 0.05) is 64.5 Å². The highest BCUT2D eigenvalue weighted by Crippen LogP contribution is 2.60. The molecule has 4 nitrogen and oxygen atoms in total. The predicted octanol–water partition coefficient (Wildman–Crippen LogP) is 15.4. The number of benzene rings is 11. The zero-order valence-electron chi connectivity index (χ0n) is 44.6. The molecule has 0 bridgehead atoms. The molecule has 17 rings (SSSR count). The van der Waals surface area contributed by atoms with Crippen molar-refractivity contribution in [2.24, 2.45) is 0 Å². The van der Waals surface area contributed by atoms with Gasteiger partial charge in [0.2, 0.25) is 6.71 Å². The second-order valence-corrected chi connectivity index (χ2v) is 25.2. The van der Waals surface area contributed by atoms with E-state index in [2.05, 4.69) is 207 Å². The maximum Gasteiger partial charge on any atom is 0.252 e. The van der Waals surface area contributed by atoms with Gasteiger partial charge in [-0.1, -0.05) is 190 Å². The van der Waals surface area contributed by atoms with Gasteiger partial charge in [0.15, 0.2) is 0 Å². The Kier molecular flexibility index (Phi) is 9.84. The fourth-order valence-electron chi connectivity index (χ4n) is 14.6. The van der Waals surface area contributed by atoms with E-state index in [0.717, 1.165) is 34.4 Å². The molecular weight excluding hydrogens is 1010 g/mol. The zero-order chi connectivity index (χ0) is 53.2. The molecule has 0 saturated carbocycles. The Bertz CT molecular complexity index is 4450. The third-order valence-electron chi connectivity index (χ3n) is 18.0. The smallest absolute Gasteiger partial charge is 0.252 e. The zero-order valence-corrected chi connectivity index (χ0v) is 46.3.